The smallest absolute Gasteiger partial charge is 0.253 e. The molecular formula is C18H21N3O. The Labute approximate surface area is 131 Å². The molecule has 0 spiro atoms. The van der Waals surface area contributed by atoms with Crippen LogP contribution in [-0.2, 0) is 0 Å². The molecule has 4 nitrogen and oxygen atoms in total. The van der Waals surface area contributed by atoms with Crippen molar-refractivity contribution in [2.45, 2.75) is 13.8 Å². The monoisotopic (exact) mass is 295 g/mol. The van der Waals surface area contributed by atoms with Gasteiger partial charge in [-0.2, -0.15) is 0 Å². The summed E-state index contributed by atoms with van der Waals surface area (Å²) < 4.78 is 0. The lowest BCUT2D eigenvalue weighted by molar-refractivity contribution is 0.0746. The average molecular weight is 295 g/mol. The summed E-state index contributed by atoms with van der Waals surface area (Å²) in [7, 11) is 0. The minimum atomic E-state index is 0.119. The van der Waals surface area contributed by atoms with Gasteiger partial charge >= 0.3 is 0 Å². The molecule has 1 fully saturated rings. The van der Waals surface area contributed by atoms with Gasteiger partial charge in [0.2, 0.25) is 0 Å². The highest BCUT2D eigenvalue weighted by Crippen LogP contribution is 2.20. The minimum Gasteiger partial charge on any atom is -0.353 e. The molecule has 0 radical (unpaired) electrons. The Morgan fingerprint density at radius 1 is 1.05 bits per heavy atom. The van der Waals surface area contributed by atoms with E-state index >= 15 is 0 Å². The van der Waals surface area contributed by atoms with Crippen LogP contribution in [-0.4, -0.2) is 42.0 Å². The van der Waals surface area contributed by atoms with E-state index in [9.17, 15) is 4.79 Å². The standard InChI is InChI=1S/C18H21N3O/c1-14-12-15(2)17(19-13-14)20-8-10-21(11-9-20)18(22)16-6-4-3-5-7-16/h3-7,12-13H,8-11H2,1-2H3. The largest absolute Gasteiger partial charge is 0.353 e. The second-order valence-corrected chi connectivity index (χ2v) is 5.80. The molecule has 0 bridgehead atoms. The van der Waals surface area contributed by atoms with Crippen LogP contribution < -0.4 is 4.90 Å². The third-order valence-corrected chi connectivity index (χ3v) is 4.07. The number of anilines is 1. The van der Waals surface area contributed by atoms with Gasteiger partial charge in [0.15, 0.2) is 0 Å². The lowest BCUT2D eigenvalue weighted by Crippen LogP contribution is -2.49. The molecule has 0 saturated carbocycles. The highest BCUT2D eigenvalue weighted by Gasteiger charge is 2.23. The Kier molecular flexibility index (Phi) is 4.09. The number of nitrogens with zero attached hydrogens (tertiary/aromatic N) is 3. The SMILES string of the molecule is Cc1cnc(N2CCN(C(=O)c3ccccc3)CC2)c(C)c1. The summed E-state index contributed by atoms with van der Waals surface area (Å²) in [6, 6.07) is 11.7. The predicted octanol–water partition coefficient (Wildman–Crippen LogP) is 2.66. The number of benzene rings is 1. The Morgan fingerprint density at radius 2 is 1.73 bits per heavy atom. The first kappa shape index (κ1) is 14.6. The topological polar surface area (TPSA) is 36.4 Å². The Hall–Kier alpha value is -2.36. The van der Waals surface area contributed by atoms with Crippen molar-refractivity contribution in [1.29, 1.82) is 0 Å². The van der Waals surface area contributed by atoms with Crippen LogP contribution in [0.4, 0.5) is 5.82 Å². The van der Waals surface area contributed by atoms with E-state index in [0.717, 1.165) is 37.6 Å². The van der Waals surface area contributed by atoms with Crippen LogP contribution >= 0.6 is 0 Å². The van der Waals surface area contributed by atoms with Crippen molar-refractivity contribution in [3.05, 3.63) is 59.3 Å². The lowest BCUT2D eigenvalue weighted by atomic mass is 10.1. The molecule has 1 aromatic heterocycles. The van der Waals surface area contributed by atoms with Gasteiger partial charge in [0.1, 0.15) is 5.82 Å². The number of hydrogen-bond acceptors (Lipinski definition) is 3. The van der Waals surface area contributed by atoms with E-state index in [2.05, 4.69) is 29.8 Å². The molecule has 1 aliphatic rings. The fourth-order valence-corrected chi connectivity index (χ4v) is 2.92. The summed E-state index contributed by atoms with van der Waals surface area (Å²) >= 11 is 0. The Balaban J connectivity index is 1.66. The van der Waals surface area contributed by atoms with Crippen molar-refractivity contribution < 1.29 is 4.79 Å². The molecule has 0 atom stereocenters. The number of carbonyl (C=O) groups excluding carboxylic acids is 1. The molecule has 2 aromatic rings. The number of piperazine rings is 1. The van der Waals surface area contributed by atoms with E-state index in [1.807, 2.05) is 41.4 Å². The molecule has 1 aliphatic heterocycles. The third kappa shape index (κ3) is 2.96. The minimum absolute atomic E-state index is 0.119. The van der Waals surface area contributed by atoms with Crippen LogP contribution in [0.15, 0.2) is 42.6 Å². The maximum Gasteiger partial charge on any atom is 0.253 e. The van der Waals surface area contributed by atoms with Gasteiger partial charge in [-0.25, -0.2) is 4.98 Å². The summed E-state index contributed by atoms with van der Waals surface area (Å²) in [5.74, 6) is 1.16. The van der Waals surface area contributed by atoms with Gasteiger partial charge in [-0.3, -0.25) is 4.79 Å². The van der Waals surface area contributed by atoms with Crippen LogP contribution in [0.3, 0.4) is 0 Å². The molecule has 114 valence electrons. The zero-order valence-corrected chi connectivity index (χ0v) is 13.1. The van der Waals surface area contributed by atoms with E-state index in [4.69, 9.17) is 0 Å². The van der Waals surface area contributed by atoms with E-state index < -0.39 is 0 Å². The Morgan fingerprint density at radius 3 is 2.36 bits per heavy atom. The van der Waals surface area contributed by atoms with E-state index in [1.54, 1.807) is 0 Å². The van der Waals surface area contributed by atoms with Crippen molar-refractivity contribution in [2.75, 3.05) is 31.1 Å². The fraction of sp³-hybridized carbons (Fsp3) is 0.333. The summed E-state index contributed by atoms with van der Waals surface area (Å²) in [6.45, 7) is 7.29. The zero-order valence-electron chi connectivity index (χ0n) is 13.1. The van der Waals surface area contributed by atoms with Crippen molar-refractivity contribution >= 4 is 11.7 Å². The highest BCUT2D eigenvalue weighted by atomic mass is 16.2. The van der Waals surface area contributed by atoms with Crippen molar-refractivity contribution in [2.24, 2.45) is 0 Å². The van der Waals surface area contributed by atoms with Crippen molar-refractivity contribution in [3.63, 3.8) is 0 Å². The molecule has 3 rings (SSSR count). The van der Waals surface area contributed by atoms with Gasteiger partial charge in [-0.05, 0) is 37.1 Å². The first-order valence-electron chi connectivity index (χ1n) is 7.67. The molecule has 0 aliphatic carbocycles. The number of aryl methyl sites for hydroxylation is 2. The van der Waals surface area contributed by atoms with Crippen LogP contribution in [0.2, 0.25) is 0 Å². The molecular weight excluding hydrogens is 274 g/mol. The summed E-state index contributed by atoms with van der Waals surface area (Å²) in [6.07, 6.45) is 1.91. The second kappa shape index (κ2) is 6.18. The van der Waals surface area contributed by atoms with Gasteiger partial charge in [-0.1, -0.05) is 24.3 Å². The van der Waals surface area contributed by atoms with Crippen LogP contribution in [0.25, 0.3) is 0 Å². The van der Waals surface area contributed by atoms with Gasteiger partial charge in [0, 0.05) is 37.9 Å². The number of pyridine rings is 1. The number of rotatable bonds is 2. The van der Waals surface area contributed by atoms with Gasteiger partial charge in [0.05, 0.1) is 0 Å². The average Bonchev–Trinajstić information content (AvgIpc) is 2.55. The summed E-state index contributed by atoms with van der Waals surface area (Å²) in [5, 5.41) is 0. The van der Waals surface area contributed by atoms with Crippen molar-refractivity contribution in [3.8, 4) is 0 Å². The molecule has 1 amide bonds. The maximum absolute atomic E-state index is 12.4. The summed E-state index contributed by atoms with van der Waals surface area (Å²) in [4.78, 5) is 21.2. The number of hydrogen-bond donors (Lipinski definition) is 0. The predicted molar refractivity (Wildman–Crippen MR) is 88.3 cm³/mol. The van der Waals surface area contributed by atoms with Gasteiger partial charge < -0.3 is 9.80 Å². The highest BCUT2D eigenvalue weighted by molar-refractivity contribution is 5.94. The first-order chi connectivity index (χ1) is 10.6. The lowest BCUT2D eigenvalue weighted by Gasteiger charge is -2.36. The molecule has 22 heavy (non-hydrogen) atoms. The summed E-state index contributed by atoms with van der Waals surface area (Å²) in [5.41, 5.74) is 3.14. The number of carbonyl (C=O) groups is 1. The van der Waals surface area contributed by atoms with E-state index in [0.29, 0.717) is 0 Å². The van der Waals surface area contributed by atoms with E-state index in [1.165, 1.54) is 11.1 Å². The second-order valence-electron chi connectivity index (χ2n) is 5.80. The van der Waals surface area contributed by atoms with Gasteiger partial charge in [-0.15, -0.1) is 0 Å². The maximum atomic E-state index is 12.4. The molecule has 0 N–H and O–H groups in total. The van der Waals surface area contributed by atoms with E-state index in [-0.39, 0.29) is 5.91 Å². The van der Waals surface area contributed by atoms with Crippen LogP contribution in [0, 0.1) is 13.8 Å². The van der Waals surface area contributed by atoms with Crippen LogP contribution in [0.1, 0.15) is 21.5 Å². The Bertz CT molecular complexity index is 661. The molecule has 0 unspecified atom stereocenters. The molecule has 1 saturated heterocycles. The number of aromatic nitrogens is 1. The fourth-order valence-electron chi connectivity index (χ4n) is 2.92. The number of amides is 1. The molecule has 4 heteroatoms. The quantitative estimate of drug-likeness (QED) is 0.854. The third-order valence-electron chi connectivity index (χ3n) is 4.07. The van der Waals surface area contributed by atoms with Crippen LogP contribution in [0.5, 0.6) is 0 Å². The molecule has 1 aromatic carbocycles. The van der Waals surface area contributed by atoms with Crippen molar-refractivity contribution in [1.82, 2.24) is 9.88 Å². The first-order valence-corrected chi connectivity index (χ1v) is 7.67. The zero-order chi connectivity index (χ0) is 15.5. The van der Waals surface area contributed by atoms with Gasteiger partial charge in [0.25, 0.3) is 5.91 Å². The normalized spacial score (nSPS) is 15.0. The molecule has 2 heterocycles.